The summed E-state index contributed by atoms with van der Waals surface area (Å²) in [5.41, 5.74) is 1.08. The normalized spacial score (nSPS) is 15.3. The number of hydrogen-bond acceptors (Lipinski definition) is 2. The van der Waals surface area contributed by atoms with Crippen LogP contribution in [0.25, 0.3) is 0 Å². The second-order valence-electron chi connectivity index (χ2n) is 4.31. The molecule has 1 aromatic rings. The van der Waals surface area contributed by atoms with Gasteiger partial charge >= 0.3 is 0 Å². The topological polar surface area (TPSA) is 49.4 Å². The zero-order chi connectivity index (χ0) is 13.0. The lowest BCUT2D eigenvalue weighted by molar-refractivity contribution is -0.105. The van der Waals surface area contributed by atoms with E-state index in [1.165, 1.54) is 6.42 Å². The molecule has 0 atom stereocenters. The minimum Gasteiger partial charge on any atom is -0.339 e. The van der Waals surface area contributed by atoms with E-state index in [1.54, 1.807) is 18.2 Å². The number of halogens is 1. The molecule has 0 saturated carbocycles. The lowest BCUT2D eigenvalue weighted by atomic mass is 10.1. The molecule has 1 aliphatic rings. The molecule has 1 heterocycles. The number of carbonyl (C=O) groups excluding carboxylic acids is 2. The Bertz CT molecular complexity index is 456. The number of hydrogen-bond donors (Lipinski definition) is 1. The van der Waals surface area contributed by atoms with Crippen LogP contribution in [0, 0.1) is 0 Å². The smallest absolute Gasteiger partial charge is 0.255 e. The zero-order valence-corrected chi connectivity index (χ0v) is 10.7. The molecule has 0 bridgehead atoms. The average Bonchev–Trinajstić information content (AvgIpc) is 2.40. The van der Waals surface area contributed by atoms with Gasteiger partial charge in [0.2, 0.25) is 6.41 Å². The maximum atomic E-state index is 12.2. The molecule has 1 N–H and O–H groups in total. The summed E-state index contributed by atoms with van der Waals surface area (Å²) in [6, 6.07) is 4.93. The molecule has 1 aliphatic heterocycles. The van der Waals surface area contributed by atoms with Crippen molar-refractivity contribution in [1.29, 1.82) is 0 Å². The Hall–Kier alpha value is -1.55. The summed E-state index contributed by atoms with van der Waals surface area (Å²) in [6.45, 7) is 1.59. The van der Waals surface area contributed by atoms with Crippen LogP contribution >= 0.6 is 11.6 Å². The quantitative estimate of drug-likeness (QED) is 0.855. The number of nitrogens with zero attached hydrogens (tertiary/aromatic N) is 1. The van der Waals surface area contributed by atoms with Gasteiger partial charge < -0.3 is 10.2 Å². The van der Waals surface area contributed by atoms with Gasteiger partial charge in [0.15, 0.2) is 0 Å². The van der Waals surface area contributed by atoms with Crippen molar-refractivity contribution < 1.29 is 9.59 Å². The van der Waals surface area contributed by atoms with Crippen LogP contribution in [-0.4, -0.2) is 30.3 Å². The Kier molecular flexibility index (Phi) is 4.20. The predicted molar refractivity (Wildman–Crippen MR) is 70.9 cm³/mol. The van der Waals surface area contributed by atoms with Gasteiger partial charge in [0, 0.05) is 18.8 Å². The van der Waals surface area contributed by atoms with Gasteiger partial charge in [0.1, 0.15) is 0 Å². The van der Waals surface area contributed by atoms with Crippen LogP contribution in [0.4, 0.5) is 5.69 Å². The van der Waals surface area contributed by atoms with E-state index in [-0.39, 0.29) is 5.91 Å². The number of rotatable bonds is 3. The molecule has 2 rings (SSSR count). The molecular weight excluding hydrogens is 252 g/mol. The van der Waals surface area contributed by atoms with Crippen LogP contribution in [0.3, 0.4) is 0 Å². The van der Waals surface area contributed by atoms with E-state index in [1.807, 2.05) is 4.90 Å². The summed E-state index contributed by atoms with van der Waals surface area (Å²) in [7, 11) is 0. The number of piperidine rings is 1. The number of nitrogens with one attached hydrogen (secondary N) is 1. The van der Waals surface area contributed by atoms with Gasteiger partial charge in [-0.3, -0.25) is 9.59 Å². The van der Waals surface area contributed by atoms with E-state index < -0.39 is 0 Å². The molecule has 1 fully saturated rings. The van der Waals surface area contributed by atoms with Gasteiger partial charge in [-0.2, -0.15) is 0 Å². The number of benzene rings is 1. The first kappa shape index (κ1) is 12.9. The highest BCUT2D eigenvalue weighted by molar-refractivity contribution is 6.34. The third-order valence-electron chi connectivity index (χ3n) is 3.07. The lowest BCUT2D eigenvalue weighted by Gasteiger charge is -2.27. The Morgan fingerprint density at radius 2 is 2.00 bits per heavy atom. The van der Waals surface area contributed by atoms with Crippen molar-refractivity contribution in [2.75, 3.05) is 18.4 Å². The standard InChI is InChI=1S/C13H15ClN2O2/c14-12-8-10(15-9-17)4-5-11(12)13(18)16-6-2-1-3-7-16/h4-5,8-9H,1-3,6-7H2,(H,15,17). The van der Waals surface area contributed by atoms with Crippen molar-refractivity contribution in [2.24, 2.45) is 0 Å². The Morgan fingerprint density at radius 1 is 1.28 bits per heavy atom. The SMILES string of the molecule is O=CNc1ccc(C(=O)N2CCCCC2)c(Cl)c1. The minimum atomic E-state index is -0.0302. The first-order valence-electron chi connectivity index (χ1n) is 6.01. The minimum absolute atomic E-state index is 0.0302. The molecule has 1 saturated heterocycles. The molecule has 0 radical (unpaired) electrons. The highest BCUT2D eigenvalue weighted by Gasteiger charge is 2.20. The van der Waals surface area contributed by atoms with Crippen molar-refractivity contribution in [1.82, 2.24) is 4.90 Å². The van der Waals surface area contributed by atoms with Crippen molar-refractivity contribution in [2.45, 2.75) is 19.3 Å². The lowest BCUT2D eigenvalue weighted by Crippen LogP contribution is -2.35. The van der Waals surface area contributed by atoms with Gasteiger partial charge in [-0.25, -0.2) is 0 Å². The van der Waals surface area contributed by atoms with E-state index in [0.717, 1.165) is 25.9 Å². The van der Waals surface area contributed by atoms with Crippen LogP contribution < -0.4 is 5.32 Å². The van der Waals surface area contributed by atoms with Crippen LogP contribution in [0.2, 0.25) is 5.02 Å². The molecule has 4 nitrogen and oxygen atoms in total. The first-order valence-corrected chi connectivity index (χ1v) is 6.39. The zero-order valence-electron chi connectivity index (χ0n) is 9.99. The Morgan fingerprint density at radius 3 is 2.61 bits per heavy atom. The number of likely N-dealkylation sites (tertiary alicyclic amines) is 1. The summed E-state index contributed by atoms with van der Waals surface area (Å²) in [6.07, 6.45) is 3.86. The molecule has 0 spiro atoms. The van der Waals surface area contributed by atoms with Crippen LogP contribution in [0.1, 0.15) is 29.6 Å². The van der Waals surface area contributed by atoms with Gasteiger partial charge in [0.25, 0.3) is 5.91 Å². The summed E-state index contributed by atoms with van der Waals surface area (Å²) in [5.74, 6) is -0.0302. The maximum absolute atomic E-state index is 12.2. The number of amides is 2. The van der Waals surface area contributed by atoms with Crippen molar-refractivity contribution >= 4 is 29.6 Å². The molecule has 96 valence electrons. The fourth-order valence-electron chi connectivity index (χ4n) is 2.11. The maximum Gasteiger partial charge on any atom is 0.255 e. The monoisotopic (exact) mass is 266 g/mol. The Labute approximate surface area is 111 Å². The second kappa shape index (κ2) is 5.87. The van der Waals surface area contributed by atoms with Crippen molar-refractivity contribution in [3.8, 4) is 0 Å². The largest absolute Gasteiger partial charge is 0.339 e. The summed E-state index contributed by atoms with van der Waals surface area (Å²) in [4.78, 5) is 24.4. The summed E-state index contributed by atoms with van der Waals surface area (Å²) >= 11 is 6.08. The number of anilines is 1. The fourth-order valence-corrected chi connectivity index (χ4v) is 2.38. The van der Waals surface area contributed by atoms with Crippen molar-refractivity contribution in [3.63, 3.8) is 0 Å². The summed E-state index contributed by atoms with van der Waals surface area (Å²) in [5, 5.41) is 2.88. The molecule has 1 aromatic carbocycles. The average molecular weight is 267 g/mol. The molecule has 18 heavy (non-hydrogen) atoms. The van der Waals surface area contributed by atoms with Crippen molar-refractivity contribution in [3.05, 3.63) is 28.8 Å². The van der Waals surface area contributed by atoms with E-state index in [0.29, 0.717) is 22.7 Å². The molecule has 2 amide bonds. The molecule has 5 heteroatoms. The number of carbonyl (C=O) groups is 2. The third-order valence-corrected chi connectivity index (χ3v) is 3.38. The Balaban J connectivity index is 2.16. The van der Waals surface area contributed by atoms with Gasteiger partial charge in [-0.05, 0) is 37.5 Å². The predicted octanol–water partition coefficient (Wildman–Crippen LogP) is 2.53. The highest BCUT2D eigenvalue weighted by atomic mass is 35.5. The molecular formula is C13H15ClN2O2. The summed E-state index contributed by atoms with van der Waals surface area (Å²) < 4.78 is 0. The van der Waals surface area contributed by atoms with Gasteiger partial charge in [0.05, 0.1) is 10.6 Å². The van der Waals surface area contributed by atoms with E-state index in [9.17, 15) is 9.59 Å². The van der Waals surface area contributed by atoms with E-state index in [4.69, 9.17) is 11.6 Å². The first-order chi connectivity index (χ1) is 8.72. The molecule has 0 unspecified atom stereocenters. The second-order valence-corrected chi connectivity index (χ2v) is 4.72. The van der Waals surface area contributed by atoms with Gasteiger partial charge in [-0.15, -0.1) is 0 Å². The molecule has 0 aromatic heterocycles. The van der Waals surface area contributed by atoms with E-state index in [2.05, 4.69) is 5.32 Å². The fraction of sp³-hybridized carbons (Fsp3) is 0.385. The highest BCUT2D eigenvalue weighted by Crippen LogP contribution is 2.23. The molecule has 0 aliphatic carbocycles. The van der Waals surface area contributed by atoms with Crippen LogP contribution in [-0.2, 0) is 4.79 Å². The van der Waals surface area contributed by atoms with E-state index >= 15 is 0 Å². The third kappa shape index (κ3) is 2.82. The van der Waals surface area contributed by atoms with Gasteiger partial charge in [-0.1, -0.05) is 11.6 Å². The van der Waals surface area contributed by atoms with Crippen LogP contribution in [0.15, 0.2) is 18.2 Å². The van der Waals surface area contributed by atoms with Crippen LogP contribution in [0.5, 0.6) is 0 Å².